The highest BCUT2D eigenvalue weighted by molar-refractivity contribution is 6.03. The second-order valence-corrected chi connectivity index (χ2v) is 13.6. The van der Waals surface area contributed by atoms with Crippen molar-refractivity contribution in [1.29, 1.82) is 0 Å². The molecule has 48 heavy (non-hydrogen) atoms. The van der Waals surface area contributed by atoms with Crippen molar-refractivity contribution in [2.24, 2.45) is 23.2 Å². The van der Waals surface area contributed by atoms with Gasteiger partial charge < -0.3 is 42.8 Å². The molecule has 0 saturated carbocycles. The van der Waals surface area contributed by atoms with Crippen molar-refractivity contribution in [3.63, 3.8) is 0 Å². The third-order valence-electron chi connectivity index (χ3n) is 8.68. The summed E-state index contributed by atoms with van der Waals surface area (Å²) >= 11 is 0. The zero-order valence-electron chi connectivity index (χ0n) is 30.4. The van der Waals surface area contributed by atoms with E-state index in [1.165, 1.54) is 4.90 Å². The van der Waals surface area contributed by atoms with Gasteiger partial charge in [0.15, 0.2) is 0 Å². The van der Waals surface area contributed by atoms with Gasteiger partial charge in [0.05, 0.1) is 119 Å². The smallest absolute Gasteiger partial charge is 0.233 e. The normalized spacial score (nSPS) is 17.8. The van der Waals surface area contributed by atoms with Gasteiger partial charge >= 0.3 is 0 Å². The predicted molar refractivity (Wildman–Crippen MR) is 180 cm³/mol. The molecule has 2 heterocycles. The summed E-state index contributed by atoms with van der Waals surface area (Å²) in [7, 11) is 0. The van der Waals surface area contributed by atoms with Crippen molar-refractivity contribution < 1.29 is 52.3 Å². The average molecular weight is 689 g/mol. The highest BCUT2D eigenvalue weighted by atomic mass is 16.6. The molecule has 2 aliphatic rings. The summed E-state index contributed by atoms with van der Waals surface area (Å²) in [5, 5.41) is 0. The maximum Gasteiger partial charge on any atom is 0.233 e. The summed E-state index contributed by atoms with van der Waals surface area (Å²) in [4.78, 5) is 39.9. The van der Waals surface area contributed by atoms with E-state index in [2.05, 4.69) is 20.8 Å². The molecule has 0 N–H and O–H groups in total. The summed E-state index contributed by atoms with van der Waals surface area (Å²) < 4.78 is 44.0. The first-order valence-electron chi connectivity index (χ1n) is 17.8. The van der Waals surface area contributed by atoms with Crippen LogP contribution in [0.3, 0.4) is 0 Å². The number of rotatable bonds is 28. The first kappa shape index (κ1) is 42.5. The predicted octanol–water partition coefficient (Wildman–Crippen LogP) is 2.83. The number of nitrogens with zero attached hydrogens (tertiary/aromatic N) is 2. The molecule has 3 amide bonds. The summed E-state index contributed by atoms with van der Waals surface area (Å²) in [6, 6.07) is 0. The lowest BCUT2D eigenvalue weighted by Crippen LogP contribution is -2.41. The van der Waals surface area contributed by atoms with E-state index < -0.39 is 0 Å². The molecule has 1 unspecified atom stereocenters. The standard InChI is InChI=1S/C35H64N2O11/c1-29(2)31-28-33(39)37(34(31)40)11-13-42-15-17-44-19-21-46-23-25-48-27-26-47-24-22-45-20-18-43-16-14-41-12-8-32(38)36-9-6-30(7-10-36)35(3,4)5/h29-31H,6-28H2,1-5H3. The van der Waals surface area contributed by atoms with E-state index in [0.29, 0.717) is 136 Å². The molecule has 13 nitrogen and oxygen atoms in total. The van der Waals surface area contributed by atoms with Gasteiger partial charge in [-0.2, -0.15) is 0 Å². The lowest BCUT2D eigenvalue weighted by Gasteiger charge is -2.38. The highest BCUT2D eigenvalue weighted by Crippen LogP contribution is 2.34. The molecule has 2 saturated heterocycles. The number of likely N-dealkylation sites (tertiary alicyclic amines) is 2. The van der Waals surface area contributed by atoms with Gasteiger partial charge in [0.25, 0.3) is 0 Å². The maximum atomic E-state index is 12.4. The number of carbonyl (C=O) groups excluding carboxylic acids is 3. The fourth-order valence-electron chi connectivity index (χ4n) is 5.57. The van der Waals surface area contributed by atoms with Gasteiger partial charge in [-0.3, -0.25) is 19.3 Å². The van der Waals surface area contributed by atoms with Gasteiger partial charge in [0, 0.05) is 25.4 Å². The number of ether oxygens (including phenoxy) is 8. The number of piperidine rings is 1. The van der Waals surface area contributed by atoms with Crippen LogP contribution in [-0.4, -0.2) is 153 Å². The van der Waals surface area contributed by atoms with Gasteiger partial charge in [-0.05, 0) is 30.1 Å². The van der Waals surface area contributed by atoms with Crippen LogP contribution < -0.4 is 0 Å². The second-order valence-electron chi connectivity index (χ2n) is 13.6. The van der Waals surface area contributed by atoms with E-state index in [1.54, 1.807) is 0 Å². The number of amides is 3. The van der Waals surface area contributed by atoms with Crippen molar-refractivity contribution in [2.45, 2.75) is 60.3 Å². The number of imide groups is 1. The Hall–Kier alpha value is -1.71. The van der Waals surface area contributed by atoms with Crippen LogP contribution in [0.4, 0.5) is 0 Å². The summed E-state index contributed by atoms with van der Waals surface area (Å²) in [5.74, 6) is 0.625. The van der Waals surface area contributed by atoms with E-state index in [0.717, 1.165) is 25.9 Å². The van der Waals surface area contributed by atoms with Crippen LogP contribution in [-0.2, 0) is 52.3 Å². The molecular formula is C35H64N2O11. The Labute approximate surface area is 288 Å². The topological polar surface area (TPSA) is 132 Å². The summed E-state index contributed by atoms with van der Waals surface area (Å²) in [5.41, 5.74) is 0.311. The van der Waals surface area contributed by atoms with Crippen molar-refractivity contribution >= 4 is 17.7 Å². The van der Waals surface area contributed by atoms with Crippen LogP contribution in [0.25, 0.3) is 0 Å². The molecule has 0 spiro atoms. The molecule has 2 fully saturated rings. The maximum absolute atomic E-state index is 12.4. The second kappa shape index (κ2) is 25.3. The highest BCUT2D eigenvalue weighted by Gasteiger charge is 2.39. The van der Waals surface area contributed by atoms with Gasteiger partial charge in [0.1, 0.15) is 0 Å². The molecule has 2 rings (SSSR count). The monoisotopic (exact) mass is 688 g/mol. The Morgan fingerprint density at radius 1 is 0.646 bits per heavy atom. The molecule has 0 radical (unpaired) electrons. The van der Waals surface area contributed by atoms with Gasteiger partial charge in [-0.25, -0.2) is 0 Å². The van der Waals surface area contributed by atoms with Crippen molar-refractivity contribution in [3.8, 4) is 0 Å². The zero-order valence-corrected chi connectivity index (χ0v) is 30.4. The molecule has 13 heteroatoms. The summed E-state index contributed by atoms with van der Waals surface area (Å²) in [6.07, 6.45) is 2.89. The van der Waals surface area contributed by atoms with Crippen molar-refractivity contribution in [3.05, 3.63) is 0 Å². The third kappa shape index (κ3) is 18.3. The minimum absolute atomic E-state index is 0.0886. The van der Waals surface area contributed by atoms with Crippen LogP contribution in [0.5, 0.6) is 0 Å². The van der Waals surface area contributed by atoms with E-state index in [9.17, 15) is 14.4 Å². The number of hydrogen-bond donors (Lipinski definition) is 0. The Morgan fingerprint density at radius 2 is 1.02 bits per heavy atom. The molecule has 0 aliphatic carbocycles. The molecule has 1 atom stereocenters. The van der Waals surface area contributed by atoms with Crippen LogP contribution >= 0.6 is 0 Å². The fraction of sp³-hybridized carbons (Fsp3) is 0.914. The largest absolute Gasteiger partial charge is 0.379 e. The Morgan fingerprint density at radius 3 is 1.38 bits per heavy atom. The minimum atomic E-state index is -0.205. The van der Waals surface area contributed by atoms with E-state index in [4.69, 9.17) is 37.9 Å². The van der Waals surface area contributed by atoms with Crippen LogP contribution in [0, 0.1) is 23.2 Å². The van der Waals surface area contributed by atoms with E-state index in [-0.39, 0.29) is 29.6 Å². The molecule has 0 aromatic rings. The van der Waals surface area contributed by atoms with Crippen molar-refractivity contribution in [1.82, 2.24) is 9.80 Å². The van der Waals surface area contributed by atoms with E-state index >= 15 is 0 Å². The first-order valence-corrected chi connectivity index (χ1v) is 17.8. The minimum Gasteiger partial charge on any atom is -0.379 e. The molecule has 0 aromatic carbocycles. The Balaban J connectivity index is 1.22. The van der Waals surface area contributed by atoms with Gasteiger partial charge in [-0.1, -0.05) is 34.6 Å². The summed E-state index contributed by atoms with van der Waals surface area (Å²) in [6.45, 7) is 20.0. The Bertz CT molecular complexity index is 875. The van der Waals surface area contributed by atoms with Crippen LogP contribution in [0.1, 0.15) is 60.3 Å². The zero-order chi connectivity index (χ0) is 35.0. The fourth-order valence-corrected chi connectivity index (χ4v) is 5.57. The molecule has 0 aromatic heterocycles. The molecule has 0 bridgehead atoms. The number of carbonyl (C=O) groups is 3. The lowest BCUT2D eigenvalue weighted by atomic mass is 9.75. The third-order valence-corrected chi connectivity index (χ3v) is 8.68. The average Bonchev–Trinajstić information content (AvgIpc) is 3.34. The van der Waals surface area contributed by atoms with Crippen LogP contribution in [0.15, 0.2) is 0 Å². The quantitative estimate of drug-likeness (QED) is 0.0889. The molecule has 2 aliphatic heterocycles. The Kier molecular flexibility index (Phi) is 22.4. The van der Waals surface area contributed by atoms with Gasteiger partial charge in [0.2, 0.25) is 17.7 Å². The van der Waals surface area contributed by atoms with Crippen molar-refractivity contribution in [2.75, 3.05) is 125 Å². The van der Waals surface area contributed by atoms with Gasteiger partial charge in [-0.15, -0.1) is 0 Å². The molecule has 280 valence electrons. The van der Waals surface area contributed by atoms with E-state index in [1.807, 2.05) is 18.7 Å². The lowest BCUT2D eigenvalue weighted by molar-refractivity contribution is -0.140. The number of hydrogen-bond acceptors (Lipinski definition) is 11. The first-order chi connectivity index (χ1) is 23.1. The molecular weight excluding hydrogens is 624 g/mol. The van der Waals surface area contributed by atoms with Crippen LogP contribution in [0.2, 0.25) is 0 Å². The SMILES string of the molecule is CC(C)C1CC(=O)N(CCOCCOCCOCCOCCOCCOCCOCCOCCC(=O)N2CCC(C(C)(C)C)CC2)C1=O.